The van der Waals surface area contributed by atoms with Gasteiger partial charge in [-0.2, -0.15) is 0 Å². The highest BCUT2D eigenvalue weighted by Crippen LogP contribution is 2.39. The molecule has 0 saturated heterocycles. The highest BCUT2D eigenvalue weighted by atomic mass is 16.3. The highest BCUT2D eigenvalue weighted by Gasteiger charge is 2.30. The summed E-state index contributed by atoms with van der Waals surface area (Å²) in [5, 5.41) is 0. The summed E-state index contributed by atoms with van der Waals surface area (Å²) in [6.45, 7) is 7.04. The van der Waals surface area contributed by atoms with Gasteiger partial charge in [0.15, 0.2) is 0 Å². The Morgan fingerprint density at radius 1 is 1.00 bits per heavy atom. The zero-order chi connectivity index (χ0) is 12.8. The Bertz CT molecular complexity index is 543. The molecule has 0 N–H and O–H groups in total. The Morgan fingerprint density at radius 3 is 2.44 bits per heavy atom. The van der Waals surface area contributed by atoms with Crippen LogP contribution in [-0.4, -0.2) is 0 Å². The first-order valence-electron chi connectivity index (χ1n) is 6.68. The minimum absolute atomic E-state index is 0.398. The van der Waals surface area contributed by atoms with E-state index in [0.29, 0.717) is 5.41 Å². The second-order valence-electron chi connectivity index (χ2n) is 6.47. The number of furan rings is 1. The Morgan fingerprint density at radius 2 is 1.78 bits per heavy atom. The van der Waals surface area contributed by atoms with Crippen LogP contribution in [0.4, 0.5) is 0 Å². The topological polar surface area (TPSA) is 13.1 Å². The summed E-state index contributed by atoms with van der Waals surface area (Å²) < 4.78 is 5.16. The lowest BCUT2D eigenvalue weighted by atomic mass is 9.79. The normalized spacial score (nSPS) is 18.9. The van der Waals surface area contributed by atoms with Crippen molar-refractivity contribution in [2.75, 3.05) is 0 Å². The molecule has 1 heterocycles. The molecular formula is C17H20O. The second kappa shape index (κ2) is 4.01. The first-order chi connectivity index (χ1) is 8.54. The number of fused-ring (bicyclic) bond motifs is 1. The van der Waals surface area contributed by atoms with Gasteiger partial charge in [-0.15, -0.1) is 0 Å². The quantitative estimate of drug-likeness (QED) is 0.703. The van der Waals surface area contributed by atoms with E-state index in [4.69, 9.17) is 4.42 Å². The maximum Gasteiger partial charge on any atom is 0.0980 e. The fourth-order valence-electron chi connectivity index (χ4n) is 2.84. The maximum absolute atomic E-state index is 5.16. The minimum Gasteiger partial charge on any atom is -0.472 e. The van der Waals surface area contributed by atoms with Crippen molar-refractivity contribution in [3.63, 3.8) is 0 Å². The average molecular weight is 240 g/mol. The van der Waals surface area contributed by atoms with Crippen LogP contribution in [-0.2, 0) is 12.8 Å². The van der Waals surface area contributed by atoms with Crippen LogP contribution in [0.15, 0.2) is 41.2 Å². The minimum atomic E-state index is 0.398. The predicted molar refractivity (Wildman–Crippen MR) is 74.5 cm³/mol. The summed E-state index contributed by atoms with van der Waals surface area (Å²) in [5.74, 6) is 0.770. The molecule has 0 spiro atoms. The molecule has 3 rings (SSSR count). The lowest BCUT2D eigenvalue weighted by Crippen LogP contribution is -2.20. The molecule has 0 radical (unpaired) electrons. The molecule has 1 aromatic carbocycles. The lowest BCUT2D eigenvalue weighted by Gasteiger charge is -2.26. The maximum atomic E-state index is 5.16. The number of hydrogen-bond donors (Lipinski definition) is 0. The zero-order valence-corrected chi connectivity index (χ0v) is 11.4. The third-order valence-electron chi connectivity index (χ3n) is 4.22. The monoisotopic (exact) mass is 240 g/mol. The number of rotatable bonds is 1. The van der Waals surface area contributed by atoms with Gasteiger partial charge in [0.25, 0.3) is 0 Å². The van der Waals surface area contributed by atoms with Crippen LogP contribution in [0.5, 0.6) is 0 Å². The van der Waals surface area contributed by atoms with Gasteiger partial charge in [-0.3, -0.25) is 0 Å². The van der Waals surface area contributed by atoms with Crippen molar-refractivity contribution in [1.29, 1.82) is 0 Å². The van der Waals surface area contributed by atoms with E-state index in [2.05, 4.69) is 39.0 Å². The molecule has 1 aliphatic rings. The van der Waals surface area contributed by atoms with E-state index in [0.717, 1.165) is 5.92 Å². The van der Waals surface area contributed by atoms with Gasteiger partial charge in [0.2, 0.25) is 0 Å². The van der Waals surface area contributed by atoms with Crippen molar-refractivity contribution in [3.05, 3.63) is 47.9 Å². The average Bonchev–Trinajstić information content (AvgIpc) is 2.96. The van der Waals surface area contributed by atoms with E-state index in [1.54, 1.807) is 6.26 Å². The molecule has 0 amide bonds. The molecule has 18 heavy (non-hydrogen) atoms. The number of benzene rings is 1. The Labute approximate surface area is 109 Å². The number of hydrogen-bond acceptors (Lipinski definition) is 1. The van der Waals surface area contributed by atoms with Crippen LogP contribution in [0, 0.1) is 11.3 Å². The Kier molecular flexibility index (Phi) is 2.58. The lowest BCUT2D eigenvalue weighted by molar-refractivity contribution is 0.251. The first-order valence-corrected chi connectivity index (χ1v) is 6.68. The molecule has 1 aromatic heterocycles. The van der Waals surface area contributed by atoms with E-state index in [1.165, 1.54) is 35.1 Å². The Hall–Kier alpha value is -1.50. The Balaban J connectivity index is 1.92. The molecular weight excluding hydrogens is 220 g/mol. The second-order valence-corrected chi connectivity index (χ2v) is 6.47. The van der Waals surface area contributed by atoms with Gasteiger partial charge in [-0.1, -0.05) is 39.0 Å². The van der Waals surface area contributed by atoms with E-state index in [1.807, 2.05) is 12.3 Å². The van der Waals surface area contributed by atoms with Crippen molar-refractivity contribution in [1.82, 2.24) is 0 Å². The van der Waals surface area contributed by atoms with Gasteiger partial charge in [-0.05, 0) is 46.9 Å². The largest absolute Gasteiger partial charge is 0.472 e. The van der Waals surface area contributed by atoms with Crippen molar-refractivity contribution >= 4 is 0 Å². The van der Waals surface area contributed by atoms with Gasteiger partial charge in [0.1, 0.15) is 0 Å². The standard InChI is InChI=1S/C17H20O/c1-17(2,3)16-9-13-5-4-12(8-15(13)10-16)14-6-7-18-11-14/h4-8,11,16H,9-10H2,1-3H3. The molecule has 0 aliphatic heterocycles. The van der Waals surface area contributed by atoms with Crippen molar-refractivity contribution in [3.8, 4) is 11.1 Å². The summed E-state index contributed by atoms with van der Waals surface area (Å²) in [7, 11) is 0. The molecule has 1 unspecified atom stereocenters. The van der Waals surface area contributed by atoms with Gasteiger partial charge >= 0.3 is 0 Å². The molecule has 0 fully saturated rings. The first kappa shape index (κ1) is 11.6. The molecule has 2 aromatic rings. The predicted octanol–water partition coefficient (Wildman–Crippen LogP) is 4.71. The van der Waals surface area contributed by atoms with Crippen LogP contribution in [0.2, 0.25) is 0 Å². The molecule has 1 nitrogen and oxygen atoms in total. The molecule has 1 heteroatoms. The third kappa shape index (κ3) is 1.98. The van der Waals surface area contributed by atoms with Crippen molar-refractivity contribution in [2.45, 2.75) is 33.6 Å². The van der Waals surface area contributed by atoms with Crippen LogP contribution in [0.1, 0.15) is 31.9 Å². The fraction of sp³-hybridized carbons (Fsp3) is 0.412. The molecule has 1 aliphatic carbocycles. The summed E-state index contributed by atoms with van der Waals surface area (Å²) in [5.41, 5.74) is 5.90. The smallest absolute Gasteiger partial charge is 0.0980 e. The van der Waals surface area contributed by atoms with Gasteiger partial charge in [0.05, 0.1) is 12.5 Å². The van der Waals surface area contributed by atoms with E-state index < -0.39 is 0 Å². The van der Waals surface area contributed by atoms with Gasteiger partial charge < -0.3 is 4.42 Å². The van der Waals surface area contributed by atoms with Crippen LogP contribution >= 0.6 is 0 Å². The van der Waals surface area contributed by atoms with Crippen LogP contribution in [0.25, 0.3) is 11.1 Å². The van der Waals surface area contributed by atoms with Crippen LogP contribution in [0.3, 0.4) is 0 Å². The van der Waals surface area contributed by atoms with Crippen molar-refractivity contribution < 1.29 is 4.42 Å². The van der Waals surface area contributed by atoms with E-state index in [-0.39, 0.29) is 0 Å². The molecule has 94 valence electrons. The zero-order valence-electron chi connectivity index (χ0n) is 11.4. The molecule has 0 saturated carbocycles. The summed E-state index contributed by atoms with van der Waals surface area (Å²) >= 11 is 0. The van der Waals surface area contributed by atoms with Crippen molar-refractivity contribution in [2.24, 2.45) is 11.3 Å². The molecule has 1 atom stereocenters. The third-order valence-corrected chi connectivity index (χ3v) is 4.22. The SMILES string of the molecule is CC(C)(C)C1Cc2ccc(-c3ccoc3)cc2C1. The summed E-state index contributed by atoms with van der Waals surface area (Å²) in [6.07, 6.45) is 5.99. The van der Waals surface area contributed by atoms with E-state index in [9.17, 15) is 0 Å². The van der Waals surface area contributed by atoms with Gasteiger partial charge in [0, 0.05) is 5.56 Å². The fourth-order valence-corrected chi connectivity index (χ4v) is 2.84. The van der Waals surface area contributed by atoms with E-state index >= 15 is 0 Å². The molecule has 0 bridgehead atoms. The highest BCUT2D eigenvalue weighted by molar-refractivity contribution is 5.64. The van der Waals surface area contributed by atoms with Crippen LogP contribution < -0.4 is 0 Å². The summed E-state index contributed by atoms with van der Waals surface area (Å²) in [4.78, 5) is 0. The van der Waals surface area contributed by atoms with Gasteiger partial charge in [-0.25, -0.2) is 0 Å². The summed E-state index contributed by atoms with van der Waals surface area (Å²) in [6, 6.07) is 8.88.